The minimum Gasteiger partial charge on any atom is -0.462 e. The molecule has 0 radical (unpaired) electrons. The van der Waals surface area contributed by atoms with Gasteiger partial charge in [-0.25, -0.2) is 4.79 Å². The van der Waals surface area contributed by atoms with Crippen LogP contribution in [0, 0.1) is 0 Å². The van der Waals surface area contributed by atoms with Gasteiger partial charge in [-0.3, -0.25) is 0 Å². The lowest BCUT2D eigenvalue weighted by Crippen LogP contribution is -2.07. The highest BCUT2D eigenvalue weighted by atomic mass is 16.5. The summed E-state index contributed by atoms with van der Waals surface area (Å²) < 4.78 is 5.03. The van der Waals surface area contributed by atoms with E-state index in [2.05, 4.69) is 6.58 Å². The lowest BCUT2D eigenvalue weighted by atomic mass is 10.1. The van der Waals surface area contributed by atoms with Crippen LogP contribution >= 0.6 is 0 Å². The predicted molar refractivity (Wildman–Crippen MR) is 57.1 cm³/mol. The van der Waals surface area contributed by atoms with Gasteiger partial charge in [-0.15, -0.1) is 0 Å². The number of benzene rings is 1. The number of ether oxygens (including phenoxy) is 1. The molecule has 0 amide bonds. The first-order valence-electron chi connectivity index (χ1n) is 4.68. The molecule has 0 fully saturated rings. The Morgan fingerprint density at radius 2 is 2.21 bits per heavy atom. The summed E-state index contributed by atoms with van der Waals surface area (Å²) in [5.74, 6) is -0.276. The molecule has 74 valence electrons. The fourth-order valence-electron chi connectivity index (χ4n) is 1.13. The van der Waals surface area contributed by atoms with Gasteiger partial charge in [-0.1, -0.05) is 37.8 Å². The zero-order valence-electron chi connectivity index (χ0n) is 8.32. The Hall–Kier alpha value is -1.57. The van der Waals surface area contributed by atoms with Crippen LogP contribution in [0.3, 0.4) is 0 Å². The molecule has 0 aromatic heterocycles. The molecule has 1 rings (SSSR count). The second-order valence-electron chi connectivity index (χ2n) is 2.93. The van der Waals surface area contributed by atoms with E-state index in [-0.39, 0.29) is 5.97 Å². The van der Waals surface area contributed by atoms with Gasteiger partial charge in [0.25, 0.3) is 0 Å². The van der Waals surface area contributed by atoms with Crippen molar-refractivity contribution >= 4 is 12.0 Å². The van der Waals surface area contributed by atoms with E-state index in [0.717, 1.165) is 12.0 Å². The second-order valence-corrected chi connectivity index (χ2v) is 2.93. The topological polar surface area (TPSA) is 26.3 Å². The second kappa shape index (κ2) is 5.22. The molecule has 0 aliphatic carbocycles. The number of esters is 1. The van der Waals surface area contributed by atoms with Crippen LogP contribution in [0.1, 0.15) is 29.3 Å². The molecule has 0 saturated heterocycles. The quantitative estimate of drug-likeness (QED) is 0.682. The van der Waals surface area contributed by atoms with Crippen molar-refractivity contribution in [3.63, 3.8) is 0 Å². The van der Waals surface area contributed by atoms with E-state index in [1.54, 1.807) is 12.1 Å². The van der Waals surface area contributed by atoms with Gasteiger partial charge in [0.1, 0.15) is 0 Å². The Balaban J connectivity index is 2.83. The van der Waals surface area contributed by atoms with Crippen molar-refractivity contribution < 1.29 is 9.53 Å². The molecule has 0 bridgehead atoms. The maximum Gasteiger partial charge on any atom is 0.338 e. The van der Waals surface area contributed by atoms with Crippen molar-refractivity contribution in [3.8, 4) is 0 Å². The van der Waals surface area contributed by atoms with E-state index in [0.29, 0.717) is 12.2 Å². The molecule has 0 spiro atoms. The van der Waals surface area contributed by atoms with Crippen molar-refractivity contribution in [1.82, 2.24) is 0 Å². The fourth-order valence-corrected chi connectivity index (χ4v) is 1.13. The van der Waals surface area contributed by atoms with Gasteiger partial charge in [0.05, 0.1) is 12.2 Å². The number of carbonyl (C=O) groups is 1. The van der Waals surface area contributed by atoms with E-state index in [9.17, 15) is 4.79 Å². The number of hydrogen-bond donors (Lipinski definition) is 0. The summed E-state index contributed by atoms with van der Waals surface area (Å²) in [6, 6.07) is 7.27. The minimum absolute atomic E-state index is 0.276. The molecule has 1 aromatic carbocycles. The molecule has 0 heterocycles. The molecule has 0 N–H and O–H groups in total. The molecule has 1 aromatic rings. The molecule has 14 heavy (non-hydrogen) atoms. The summed E-state index contributed by atoms with van der Waals surface area (Å²) in [7, 11) is 0. The fraction of sp³-hybridized carbons (Fsp3) is 0.250. The largest absolute Gasteiger partial charge is 0.462 e. The smallest absolute Gasteiger partial charge is 0.338 e. The van der Waals surface area contributed by atoms with E-state index < -0.39 is 0 Å². The average molecular weight is 190 g/mol. The monoisotopic (exact) mass is 190 g/mol. The highest BCUT2D eigenvalue weighted by Gasteiger charge is 2.09. The number of carbonyl (C=O) groups excluding carboxylic acids is 1. The molecule has 2 nitrogen and oxygen atoms in total. The normalized spacial score (nSPS) is 9.50. The van der Waals surface area contributed by atoms with Gasteiger partial charge in [-0.2, -0.15) is 0 Å². The third kappa shape index (κ3) is 2.46. The average Bonchev–Trinajstić information content (AvgIpc) is 2.25. The third-order valence-corrected chi connectivity index (χ3v) is 1.84. The van der Waals surface area contributed by atoms with Crippen LogP contribution in [0.15, 0.2) is 30.8 Å². The first-order chi connectivity index (χ1) is 6.79. The summed E-state index contributed by atoms with van der Waals surface area (Å²) in [4.78, 5) is 11.5. The number of hydrogen-bond acceptors (Lipinski definition) is 2. The predicted octanol–water partition coefficient (Wildman–Crippen LogP) is 2.90. The van der Waals surface area contributed by atoms with Crippen molar-refractivity contribution in [1.29, 1.82) is 0 Å². The Labute approximate surface area is 84.2 Å². The van der Waals surface area contributed by atoms with Gasteiger partial charge in [-0.05, 0) is 18.1 Å². The van der Waals surface area contributed by atoms with Gasteiger partial charge in [0, 0.05) is 0 Å². The third-order valence-electron chi connectivity index (χ3n) is 1.84. The highest BCUT2D eigenvalue weighted by molar-refractivity contribution is 5.93. The summed E-state index contributed by atoms with van der Waals surface area (Å²) >= 11 is 0. The van der Waals surface area contributed by atoms with E-state index in [4.69, 9.17) is 4.74 Å². The Kier molecular flexibility index (Phi) is 3.92. The molecule has 2 heteroatoms. The molecule has 0 aliphatic heterocycles. The Bertz CT molecular complexity index is 329. The lowest BCUT2D eigenvalue weighted by molar-refractivity contribution is 0.0505. The van der Waals surface area contributed by atoms with Crippen LogP contribution in [-0.2, 0) is 4.74 Å². The van der Waals surface area contributed by atoms with E-state index in [1.165, 1.54) is 0 Å². The van der Waals surface area contributed by atoms with Gasteiger partial charge in [0.2, 0.25) is 0 Å². The standard InChI is InChI=1S/C12H14O2/c1-3-9-14-12(13)11-8-6-5-7-10(11)4-2/h4-8H,2-3,9H2,1H3. The van der Waals surface area contributed by atoms with Gasteiger partial charge < -0.3 is 4.74 Å². The maximum absolute atomic E-state index is 11.5. The lowest BCUT2D eigenvalue weighted by Gasteiger charge is -2.05. The summed E-state index contributed by atoms with van der Waals surface area (Å²) in [5.41, 5.74) is 1.39. The van der Waals surface area contributed by atoms with Crippen molar-refractivity contribution in [2.75, 3.05) is 6.61 Å². The zero-order chi connectivity index (χ0) is 10.4. The Morgan fingerprint density at radius 1 is 1.50 bits per heavy atom. The minimum atomic E-state index is -0.276. The molecule has 0 aliphatic rings. The van der Waals surface area contributed by atoms with Crippen molar-refractivity contribution in [3.05, 3.63) is 42.0 Å². The maximum atomic E-state index is 11.5. The van der Waals surface area contributed by atoms with Crippen LogP contribution < -0.4 is 0 Å². The molecule has 0 atom stereocenters. The van der Waals surface area contributed by atoms with Crippen LogP contribution in [0.4, 0.5) is 0 Å². The summed E-state index contributed by atoms with van der Waals surface area (Å²) in [5, 5.41) is 0. The van der Waals surface area contributed by atoms with Crippen LogP contribution in [0.5, 0.6) is 0 Å². The zero-order valence-corrected chi connectivity index (χ0v) is 8.32. The van der Waals surface area contributed by atoms with Crippen LogP contribution in [0.2, 0.25) is 0 Å². The van der Waals surface area contributed by atoms with Gasteiger partial charge >= 0.3 is 5.97 Å². The highest BCUT2D eigenvalue weighted by Crippen LogP contribution is 2.11. The SMILES string of the molecule is C=Cc1ccccc1C(=O)OCCC. The molecule has 0 saturated carbocycles. The van der Waals surface area contributed by atoms with Crippen molar-refractivity contribution in [2.45, 2.75) is 13.3 Å². The summed E-state index contributed by atoms with van der Waals surface area (Å²) in [6.07, 6.45) is 2.49. The van der Waals surface area contributed by atoms with Crippen LogP contribution in [-0.4, -0.2) is 12.6 Å². The number of rotatable bonds is 4. The molecular weight excluding hydrogens is 176 g/mol. The van der Waals surface area contributed by atoms with E-state index in [1.807, 2.05) is 25.1 Å². The molecule has 0 unspecified atom stereocenters. The summed E-state index contributed by atoms with van der Waals surface area (Å²) in [6.45, 7) is 6.07. The van der Waals surface area contributed by atoms with Gasteiger partial charge in [0.15, 0.2) is 0 Å². The molecular formula is C12H14O2. The van der Waals surface area contributed by atoms with E-state index >= 15 is 0 Å². The first-order valence-corrected chi connectivity index (χ1v) is 4.68. The first kappa shape index (κ1) is 10.5. The Morgan fingerprint density at radius 3 is 2.86 bits per heavy atom. The van der Waals surface area contributed by atoms with Crippen molar-refractivity contribution in [2.24, 2.45) is 0 Å². The van der Waals surface area contributed by atoms with Crippen LogP contribution in [0.25, 0.3) is 6.08 Å².